The van der Waals surface area contributed by atoms with E-state index in [2.05, 4.69) is 17.0 Å². The number of benzene rings is 1. The average molecular weight is 363 g/mol. The first-order valence-corrected chi connectivity index (χ1v) is 8.03. The van der Waals surface area contributed by atoms with E-state index in [4.69, 9.17) is 11.6 Å². The van der Waals surface area contributed by atoms with E-state index in [1.54, 1.807) is 27.9 Å². The number of carbonyl (C=O) groups excluding carboxylic acids is 2. The zero-order chi connectivity index (χ0) is 18.0. The summed E-state index contributed by atoms with van der Waals surface area (Å²) in [6, 6.07) is 6.17. The molecule has 0 bridgehead atoms. The van der Waals surface area contributed by atoms with Gasteiger partial charge in [-0.1, -0.05) is 24.2 Å². The van der Waals surface area contributed by atoms with Gasteiger partial charge in [0.1, 0.15) is 11.6 Å². The number of rotatable bonds is 5. The van der Waals surface area contributed by atoms with E-state index < -0.39 is 5.82 Å². The highest BCUT2D eigenvalue weighted by atomic mass is 35.5. The summed E-state index contributed by atoms with van der Waals surface area (Å²) < 4.78 is 15.1. The van der Waals surface area contributed by atoms with Gasteiger partial charge >= 0.3 is 0 Å². The van der Waals surface area contributed by atoms with Crippen LogP contribution in [0.4, 0.5) is 10.2 Å². The van der Waals surface area contributed by atoms with Gasteiger partial charge in [-0.15, -0.1) is 0 Å². The summed E-state index contributed by atoms with van der Waals surface area (Å²) in [4.78, 5) is 25.2. The van der Waals surface area contributed by atoms with Crippen LogP contribution in [0.25, 0.3) is 0 Å². The predicted octanol–water partition coefficient (Wildman–Crippen LogP) is 2.31. The topological polar surface area (TPSA) is 67.2 Å². The molecule has 0 aliphatic carbocycles. The highest BCUT2D eigenvalue weighted by Crippen LogP contribution is 2.20. The van der Waals surface area contributed by atoms with E-state index in [0.29, 0.717) is 31.0 Å². The van der Waals surface area contributed by atoms with Gasteiger partial charge in [-0.2, -0.15) is 5.10 Å². The molecule has 2 aromatic rings. The fourth-order valence-electron chi connectivity index (χ4n) is 2.56. The van der Waals surface area contributed by atoms with Crippen LogP contribution in [0.3, 0.4) is 0 Å². The van der Waals surface area contributed by atoms with Gasteiger partial charge in [-0.05, 0) is 23.8 Å². The first kappa shape index (κ1) is 17.2. The Bertz CT molecular complexity index is 830. The molecule has 1 saturated heterocycles. The van der Waals surface area contributed by atoms with Crippen LogP contribution in [0.1, 0.15) is 5.56 Å². The summed E-state index contributed by atoms with van der Waals surface area (Å²) in [5.41, 5.74) is 0.674. The molecule has 0 unspecified atom stereocenters. The van der Waals surface area contributed by atoms with Gasteiger partial charge in [-0.3, -0.25) is 9.59 Å². The fraction of sp³-hybridized carbons (Fsp3) is 0.235. The molecular weight excluding hydrogens is 347 g/mol. The second-order valence-corrected chi connectivity index (χ2v) is 6.16. The smallest absolute Gasteiger partial charge is 0.246 e. The largest absolute Gasteiger partial charge is 0.337 e. The number of likely N-dealkylation sites (tertiary alicyclic amines) is 1. The lowest BCUT2D eigenvalue weighted by atomic mass is 9.99. The Morgan fingerprint density at radius 1 is 1.40 bits per heavy atom. The van der Waals surface area contributed by atoms with Crippen LogP contribution in [0, 0.1) is 11.7 Å². The maximum absolute atomic E-state index is 13.5. The third-order valence-corrected chi connectivity index (χ3v) is 4.33. The average Bonchev–Trinajstić information content (AvgIpc) is 2.96. The van der Waals surface area contributed by atoms with Crippen molar-refractivity contribution >= 4 is 29.2 Å². The molecule has 1 aromatic carbocycles. The van der Waals surface area contributed by atoms with Crippen LogP contribution >= 0.6 is 11.6 Å². The third-order valence-electron chi connectivity index (χ3n) is 4.02. The zero-order valence-electron chi connectivity index (χ0n) is 13.3. The minimum absolute atomic E-state index is 0.0568. The van der Waals surface area contributed by atoms with E-state index in [0.717, 1.165) is 0 Å². The molecule has 0 atom stereocenters. The second-order valence-electron chi connectivity index (χ2n) is 5.76. The quantitative estimate of drug-likeness (QED) is 0.830. The molecule has 1 aliphatic rings. The first-order valence-electron chi connectivity index (χ1n) is 7.66. The molecule has 1 N–H and O–H groups in total. The summed E-state index contributed by atoms with van der Waals surface area (Å²) in [6.45, 7) is 4.45. The number of halogens is 2. The van der Waals surface area contributed by atoms with Crippen LogP contribution in [-0.2, 0) is 16.1 Å². The van der Waals surface area contributed by atoms with Crippen LogP contribution in [0.5, 0.6) is 0 Å². The number of carbonyl (C=O) groups is 2. The number of hydrogen-bond acceptors (Lipinski definition) is 3. The minimum atomic E-state index is -0.502. The molecule has 25 heavy (non-hydrogen) atoms. The van der Waals surface area contributed by atoms with Crippen molar-refractivity contribution in [1.82, 2.24) is 14.7 Å². The molecule has 1 aromatic heterocycles. The maximum Gasteiger partial charge on any atom is 0.246 e. The SMILES string of the molecule is C=CC(=O)N1CC(C(=O)Nc2ccnn2Cc2ccc(Cl)c(F)c2)C1. The van der Waals surface area contributed by atoms with Gasteiger partial charge in [0.25, 0.3) is 0 Å². The third kappa shape index (κ3) is 3.71. The monoisotopic (exact) mass is 362 g/mol. The molecule has 0 saturated carbocycles. The van der Waals surface area contributed by atoms with Crippen molar-refractivity contribution in [2.75, 3.05) is 18.4 Å². The Labute approximate surface area is 148 Å². The molecule has 1 fully saturated rings. The van der Waals surface area contributed by atoms with Crippen molar-refractivity contribution in [3.05, 3.63) is 59.5 Å². The lowest BCUT2D eigenvalue weighted by molar-refractivity contribution is -0.137. The normalized spacial score (nSPS) is 14.1. The van der Waals surface area contributed by atoms with Gasteiger partial charge in [0.2, 0.25) is 11.8 Å². The van der Waals surface area contributed by atoms with Gasteiger partial charge in [0.15, 0.2) is 0 Å². The Morgan fingerprint density at radius 3 is 2.84 bits per heavy atom. The number of hydrogen-bond donors (Lipinski definition) is 1. The number of amides is 2. The van der Waals surface area contributed by atoms with Crippen molar-refractivity contribution in [3.63, 3.8) is 0 Å². The second kappa shape index (κ2) is 7.06. The molecule has 2 heterocycles. The highest BCUT2D eigenvalue weighted by molar-refractivity contribution is 6.30. The van der Waals surface area contributed by atoms with Crippen LogP contribution in [0.2, 0.25) is 5.02 Å². The lowest BCUT2D eigenvalue weighted by Gasteiger charge is -2.37. The van der Waals surface area contributed by atoms with E-state index in [1.807, 2.05) is 0 Å². The molecule has 8 heteroatoms. The van der Waals surface area contributed by atoms with Crippen molar-refractivity contribution in [3.8, 4) is 0 Å². The van der Waals surface area contributed by atoms with E-state index >= 15 is 0 Å². The van der Waals surface area contributed by atoms with E-state index in [1.165, 1.54) is 18.2 Å². The number of nitrogens with zero attached hydrogens (tertiary/aromatic N) is 3. The van der Waals surface area contributed by atoms with Gasteiger partial charge in [0.05, 0.1) is 23.7 Å². The molecule has 0 radical (unpaired) electrons. The Balaban J connectivity index is 1.62. The van der Waals surface area contributed by atoms with Gasteiger partial charge in [0, 0.05) is 19.2 Å². The number of aromatic nitrogens is 2. The zero-order valence-corrected chi connectivity index (χ0v) is 14.0. The van der Waals surface area contributed by atoms with Gasteiger partial charge < -0.3 is 10.2 Å². The van der Waals surface area contributed by atoms with Crippen LogP contribution in [0.15, 0.2) is 43.1 Å². The van der Waals surface area contributed by atoms with Crippen molar-refractivity contribution in [2.45, 2.75) is 6.54 Å². The standard InChI is InChI=1S/C17H16ClFN4O2/c1-2-16(24)22-9-12(10-22)17(25)21-15-5-6-20-23(15)8-11-3-4-13(18)14(19)7-11/h2-7,12H,1,8-10H2,(H,21,25). The van der Waals surface area contributed by atoms with Crippen LogP contribution < -0.4 is 5.32 Å². The van der Waals surface area contributed by atoms with Crippen molar-refractivity contribution < 1.29 is 14.0 Å². The fourth-order valence-corrected chi connectivity index (χ4v) is 2.68. The number of anilines is 1. The molecule has 130 valence electrons. The predicted molar refractivity (Wildman–Crippen MR) is 91.6 cm³/mol. The minimum Gasteiger partial charge on any atom is -0.337 e. The summed E-state index contributed by atoms with van der Waals surface area (Å²) >= 11 is 5.68. The summed E-state index contributed by atoms with van der Waals surface area (Å²) in [5.74, 6) is -0.622. The molecule has 2 amide bonds. The van der Waals surface area contributed by atoms with Crippen molar-refractivity contribution in [1.29, 1.82) is 0 Å². The Hall–Kier alpha value is -2.67. The van der Waals surface area contributed by atoms with Crippen molar-refractivity contribution in [2.24, 2.45) is 5.92 Å². The Morgan fingerprint density at radius 2 is 2.16 bits per heavy atom. The van der Waals surface area contributed by atoms with Gasteiger partial charge in [-0.25, -0.2) is 9.07 Å². The molecule has 3 rings (SSSR count). The number of nitrogens with one attached hydrogen (secondary N) is 1. The van der Waals surface area contributed by atoms with E-state index in [-0.39, 0.29) is 22.8 Å². The summed E-state index contributed by atoms with van der Waals surface area (Å²) in [6.07, 6.45) is 2.78. The lowest BCUT2D eigenvalue weighted by Crippen LogP contribution is -2.54. The maximum atomic E-state index is 13.5. The molecular formula is C17H16ClFN4O2. The van der Waals surface area contributed by atoms with Crippen LogP contribution in [-0.4, -0.2) is 39.6 Å². The molecule has 6 nitrogen and oxygen atoms in total. The first-order chi connectivity index (χ1) is 12.0. The Kier molecular flexibility index (Phi) is 4.85. The molecule has 1 aliphatic heterocycles. The molecule has 0 spiro atoms. The highest BCUT2D eigenvalue weighted by Gasteiger charge is 2.34. The summed E-state index contributed by atoms with van der Waals surface area (Å²) in [7, 11) is 0. The van der Waals surface area contributed by atoms with E-state index in [9.17, 15) is 14.0 Å². The summed E-state index contributed by atoms with van der Waals surface area (Å²) in [5, 5.41) is 7.00.